The van der Waals surface area contributed by atoms with E-state index in [9.17, 15) is 19.5 Å². The van der Waals surface area contributed by atoms with E-state index in [-0.39, 0.29) is 11.6 Å². The average molecular weight is 525 g/mol. The van der Waals surface area contributed by atoms with Crippen molar-refractivity contribution in [3.8, 4) is 0 Å². The molecule has 4 rings (SSSR count). The van der Waals surface area contributed by atoms with Crippen LogP contribution in [0, 0.1) is 6.92 Å². The third-order valence-electron chi connectivity index (χ3n) is 4.93. The minimum Gasteiger partial charge on any atom is -0.477 e. The Hall–Kier alpha value is -2.38. The number of amides is 2. The number of carbonyl (C=O) groups is 3. The Morgan fingerprint density at radius 3 is 2.84 bits per heavy atom. The summed E-state index contributed by atoms with van der Waals surface area (Å²) in [7, 11) is 1.69. The van der Waals surface area contributed by atoms with Crippen LogP contribution in [0.2, 0.25) is 0 Å². The molecule has 1 saturated heterocycles. The van der Waals surface area contributed by atoms with E-state index in [0.717, 1.165) is 10.0 Å². The van der Waals surface area contributed by atoms with Gasteiger partial charge in [0.15, 0.2) is 0 Å². The maximum absolute atomic E-state index is 12.8. The Morgan fingerprint density at radius 2 is 2.19 bits per heavy atom. The molecule has 2 aliphatic heterocycles. The molecule has 2 aromatic rings. The third kappa shape index (κ3) is 4.08. The van der Waals surface area contributed by atoms with E-state index in [1.165, 1.54) is 33.1 Å². The highest BCUT2D eigenvalue weighted by molar-refractivity contribution is 9.10. The number of aryl methyl sites for hydroxylation is 2. The predicted octanol–water partition coefficient (Wildman–Crippen LogP) is 1.43. The molecule has 10 nitrogen and oxygen atoms in total. The fourth-order valence-electron chi connectivity index (χ4n) is 3.25. The van der Waals surface area contributed by atoms with Crippen molar-refractivity contribution in [2.24, 2.45) is 7.05 Å². The van der Waals surface area contributed by atoms with Crippen LogP contribution in [0.5, 0.6) is 0 Å². The fraction of sp³-hybridized carbons (Fsp3) is 0.333. The molecule has 0 bridgehead atoms. The monoisotopic (exact) mass is 524 g/mol. The van der Waals surface area contributed by atoms with Gasteiger partial charge >= 0.3 is 5.97 Å². The Balaban J connectivity index is 1.49. The number of aliphatic carboxylic acids is 1. The highest BCUT2D eigenvalue weighted by atomic mass is 79.9. The van der Waals surface area contributed by atoms with Gasteiger partial charge in [0.05, 0.1) is 0 Å². The van der Waals surface area contributed by atoms with Crippen LogP contribution in [0.25, 0.3) is 0 Å². The van der Waals surface area contributed by atoms with Crippen LogP contribution in [-0.4, -0.2) is 70.9 Å². The van der Waals surface area contributed by atoms with Crippen molar-refractivity contribution in [1.82, 2.24) is 30.4 Å². The molecule has 2 aliphatic rings. The number of carboxylic acid groups (broad SMARTS) is 1. The molecule has 2 amide bonds. The number of aromatic nitrogens is 4. The lowest BCUT2D eigenvalue weighted by molar-refractivity contribution is -0.148. The summed E-state index contributed by atoms with van der Waals surface area (Å²) in [6, 6.07) is 4.41. The zero-order chi connectivity index (χ0) is 22.3. The smallest absolute Gasteiger partial charge is 0.352 e. The second-order valence-electron chi connectivity index (χ2n) is 6.96. The Kier molecular flexibility index (Phi) is 6.08. The van der Waals surface area contributed by atoms with Crippen LogP contribution in [0.15, 0.2) is 39.1 Å². The van der Waals surface area contributed by atoms with Crippen molar-refractivity contribution < 1.29 is 19.5 Å². The maximum atomic E-state index is 12.8. The molecule has 3 heterocycles. The van der Waals surface area contributed by atoms with Crippen molar-refractivity contribution in [2.45, 2.75) is 23.5 Å². The fourth-order valence-corrected chi connectivity index (χ4v) is 5.96. The first-order chi connectivity index (χ1) is 14.8. The highest BCUT2D eigenvalue weighted by Crippen LogP contribution is 2.41. The number of nitrogens with one attached hydrogen (secondary N) is 1. The summed E-state index contributed by atoms with van der Waals surface area (Å²) in [4.78, 5) is 38.6. The van der Waals surface area contributed by atoms with E-state index in [1.54, 1.807) is 19.2 Å². The number of rotatable bonds is 6. The number of halogens is 1. The SMILES string of the molecule is Cc1ccc(C(=O)NC2C(=O)N3C(C(=O)O)=C(CSc4nnnn4C)CSC23)cc1Br. The van der Waals surface area contributed by atoms with Crippen molar-refractivity contribution in [3.63, 3.8) is 0 Å². The third-order valence-corrected chi connectivity index (χ3v) is 8.22. The van der Waals surface area contributed by atoms with E-state index >= 15 is 0 Å². The number of carbonyl (C=O) groups excluding carboxylic acids is 2. The van der Waals surface area contributed by atoms with E-state index in [1.807, 2.05) is 13.0 Å². The summed E-state index contributed by atoms with van der Waals surface area (Å²) in [6.07, 6.45) is 0. The van der Waals surface area contributed by atoms with E-state index in [0.29, 0.717) is 27.8 Å². The van der Waals surface area contributed by atoms with Crippen LogP contribution in [-0.2, 0) is 16.6 Å². The molecule has 2 N–H and O–H groups in total. The zero-order valence-corrected chi connectivity index (χ0v) is 19.6. The molecule has 0 saturated carbocycles. The molecule has 2 atom stereocenters. The van der Waals surface area contributed by atoms with Gasteiger partial charge in [0.1, 0.15) is 17.1 Å². The van der Waals surface area contributed by atoms with Crippen LogP contribution >= 0.6 is 39.5 Å². The molecule has 162 valence electrons. The van der Waals surface area contributed by atoms with Crippen LogP contribution < -0.4 is 5.32 Å². The van der Waals surface area contributed by atoms with E-state index in [2.05, 4.69) is 36.8 Å². The van der Waals surface area contributed by atoms with Gasteiger partial charge in [-0.25, -0.2) is 9.48 Å². The predicted molar refractivity (Wildman–Crippen MR) is 117 cm³/mol. The molecule has 1 aromatic carbocycles. The van der Waals surface area contributed by atoms with Gasteiger partial charge in [-0.3, -0.25) is 14.5 Å². The van der Waals surface area contributed by atoms with Gasteiger partial charge in [-0.15, -0.1) is 16.9 Å². The lowest BCUT2D eigenvalue weighted by Crippen LogP contribution is -2.70. The Labute approximate surface area is 193 Å². The van der Waals surface area contributed by atoms with Gasteiger partial charge in [0.25, 0.3) is 11.8 Å². The van der Waals surface area contributed by atoms with E-state index in [4.69, 9.17) is 0 Å². The van der Waals surface area contributed by atoms with E-state index < -0.39 is 23.3 Å². The quantitative estimate of drug-likeness (QED) is 0.425. The van der Waals surface area contributed by atoms with Gasteiger partial charge in [-0.05, 0) is 40.6 Å². The summed E-state index contributed by atoms with van der Waals surface area (Å²) < 4.78 is 2.29. The van der Waals surface area contributed by atoms with Crippen LogP contribution in [0.3, 0.4) is 0 Å². The maximum Gasteiger partial charge on any atom is 0.352 e. The lowest BCUT2D eigenvalue weighted by atomic mass is 10.0. The molecule has 1 aromatic heterocycles. The number of carboxylic acids is 1. The molecule has 0 radical (unpaired) electrons. The molecular weight excluding hydrogens is 508 g/mol. The van der Waals surface area contributed by atoms with Gasteiger partial charge in [0, 0.05) is 28.6 Å². The Morgan fingerprint density at radius 1 is 1.42 bits per heavy atom. The highest BCUT2D eigenvalue weighted by Gasteiger charge is 2.54. The second-order valence-corrected chi connectivity index (χ2v) is 9.86. The number of nitrogens with zero attached hydrogens (tertiary/aromatic N) is 5. The molecule has 0 aliphatic carbocycles. The van der Waals surface area contributed by atoms with Gasteiger partial charge in [-0.1, -0.05) is 33.8 Å². The van der Waals surface area contributed by atoms with Crippen LogP contribution in [0.4, 0.5) is 0 Å². The van der Waals surface area contributed by atoms with Crippen molar-refractivity contribution in [3.05, 3.63) is 45.1 Å². The molecule has 0 spiro atoms. The lowest BCUT2D eigenvalue weighted by Gasteiger charge is -2.49. The summed E-state index contributed by atoms with van der Waals surface area (Å²) in [5, 5.41) is 23.8. The normalized spacial score (nSPS) is 20.4. The zero-order valence-electron chi connectivity index (χ0n) is 16.4. The molecule has 1 fully saturated rings. The first-order valence-electron chi connectivity index (χ1n) is 9.10. The summed E-state index contributed by atoms with van der Waals surface area (Å²) in [5.74, 6) is -1.21. The van der Waals surface area contributed by atoms with Gasteiger partial charge in [0.2, 0.25) is 5.16 Å². The molecule has 13 heteroatoms. The molecule has 31 heavy (non-hydrogen) atoms. The number of thioether (sulfide) groups is 2. The number of fused-ring (bicyclic) bond motifs is 1. The number of β-lactam (4-membered cyclic amide) rings is 1. The van der Waals surface area contributed by atoms with Crippen molar-refractivity contribution >= 4 is 57.2 Å². The summed E-state index contributed by atoms with van der Waals surface area (Å²) >= 11 is 6.12. The number of hydrogen-bond donors (Lipinski definition) is 2. The number of hydrogen-bond acceptors (Lipinski definition) is 8. The first kappa shape index (κ1) is 21.8. The second kappa shape index (κ2) is 8.63. The minimum atomic E-state index is -1.17. The largest absolute Gasteiger partial charge is 0.477 e. The minimum absolute atomic E-state index is 0.0278. The summed E-state index contributed by atoms with van der Waals surface area (Å²) in [5.41, 5.74) is 2.00. The average Bonchev–Trinajstić information content (AvgIpc) is 3.15. The molecule has 2 unspecified atom stereocenters. The topological polar surface area (TPSA) is 130 Å². The van der Waals surface area contributed by atoms with Crippen LogP contribution in [0.1, 0.15) is 15.9 Å². The van der Waals surface area contributed by atoms with Crippen molar-refractivity contribution in [1.29, 1.82) is 0 Å². The number of tetrazole rings is 1. The first-order valence-corrected chi connectivity index (χ1v) is 11.9. The standard InChI is InChI=1S/C18H17BrN6O4S2/c1-8-3-4-9(5-11(8)19)14(26)20-12-15(27)25-13(17(28)29)10(6-30-16(12)25)7-31-18-21-22-23-24(18)2/h3-5,12,16H,6-7H2,1-2H3,(H,20,26)(H,28,29). The molecular formula is C18H17BrN6O4S2. The van der Waals surface area contributed by atoms with Gasteiger partial charge < -0.3 is 10.4 Å². The number of benzene rings is 1. The summed E-state index contributed by atoms with van der Waals surface area (Å²) in [6.45, 7) is 1.91. The Bertz CT molecular complexity index is 1120. The van der Waals surface area contributed by atoms with Crippen molar-refractivity contribution in [2.75, 3.05) is 11.5 Å². The van der Waals surface area contributed by atoms with Gasteiger partial charge in [-0.2, -0.15) is 0 Å².